The Morgan fingerprint density at radius 3 is 1.97 bits per heavy atom. The van der Waals surface area contributed by atoms with Crippen LogP contribution in [-0.4, -0.2) is 60.1 Å². The van der Waals surface area contributed by atoms with Crippen LogP contribution in [0.4, 0.5) is 0 Å². The molecule has 0 atom stereocenters. The molecule has 0 aliphatic heterocycles. The first-order chi connectivity index (χ1) is 18.0. The van der Waals surface area contributed by atoms with Crippen LogP contribution in [0.1, 0.15) is 63.9 Å². The Kier molecular flexibility index (Phi) is 9.99. The van der Waals surface area contributed by atoms with Crippen molar-refractivity contribution in [2.24, 2.45) is 0 Å². The highest BCUT2D eigenvalue weighted by molar-refractivity contribution is 5.63. The van der Waals surface area contributed by atoms with Crippen LogP contribution in [0.2, 0.25) is 0 Å². The smallest absolute Gasteiger partial charge is 0.226 e. The van der Waals surface area contributed by atoms with Gasteiger partial charge in [0, 0.05) is 42.7 Å². The molecule has 0 unspecified atom stereocenters. The first-order valence-electron chi connectivity index (χ1n) is 13.3. The van der Waals surface area contributed by atoms with Crippen LogP contribution in [0.25, 0.3) is 11.5 Å². The number of hydrogen-bond donors (Lipinski definition) is 2. The fourth-order valence-corrected chi connectivity index (χ4v) is 4.42. The number of oxazole rings is 1. The number of nitrogens with zero attached hydrogens (tertiary/aromatic N) is 2. The van der Waals surface area contributed by atoms with E-state index >= 15 is 0 Å². The van der Waals surface area contributed by atoms with E-state index in [-0.39, 0.29) is 24.0 Å². The van der Waals surface area contributed by atoms with Gasteiger partial charge in [0.1, 0.15) is 17.8 Å². The summed E-state index contributed by atoms with van der Waals surface area (Å²) in [7, 11) is 1.74. The number of ether oxygens (including phenoxy) is 2. The molecular formula is C31H44N2O5. The molecule has 0 saturated heterocycles. The van der Waals surface area contributed by atoms with E-state index in [1.807, 2.05) is 29.2 Å². The average molecular weight is 525 g/mol. The Morgan fingerprint density at radius 1 is 0.895 bits per heavy atom. The summed E-state index contributed by atoms with van der Waals surface area (Å²) in [5, 5.41) is 18.4. The molecule has 0 aliphatic carbocycles. The molecular weight excluding hydrogens is 480 g/mol. The summed E-state index contributed by atoms with van der Waals surface area (Å²) in [6.45, 7) is 15.5. The standard InChI is InChI=1S/C31H44N2O5/c1-30(2,3)26-18-23(19-27(28(26)36-7)31(4,5)6)29-32-24(21-38-29)12-17-37-25-10-8-22(9-11-25)20-33(13-15-34)14-16-35/h8-11,18-19,21,34-35H,12-17,20H2,1-7H3. The lowest BCUT2D eigenvalue weighted by Gasteiger charge is -2.29. The van der Waals surface area contributed by atoms with Gasteiger partial charge in [-0.15, -0.1) is 0 Å². The van der Waals surface area contributed by atoms with E-state index in [9.17, 15) is 10.2 Å². The summed E-state index contributed by atoms with van der Waals surface area (Å²) >= 11 is 0. The van der Waals surface area contributed by atoms with Gasteiger partial charge in [0.15, 0.2) is 0 Å². The molecule has 208 valence electrons. The highest BCUT2D eigenvalue weighted by Gasteiger charge is 2.28. The van der Waals surface area contributed by atoms with Gasteiger partial charge in [-0.05, 0) is 40.7 Å². The van der Waals surface area contributed by atoms with Crippen LogP contribution in [0.5, 0.6) is 11.5 Å². The molecule has 2 N–H and O–H groups in total. The molecule has 0 aliphatic rings. The second-order valence-corrected chi connectivity index (χ2v) is 11.7. The topological polar surface area (TPSA) is 88.2 Å². The maximum absolute atomic E-state index is 9.19. The lowest BCUT2D eigenvalue weighted by Crippen LogP contribution is -2.29. The Hall–Kier alpha value is -2.87. The van der Waals surface area contributed by atoms with Crippen LogP contribution >= 0.6 is 0 Å². The van der Waals surface area contributed by atoms with Crippen molar-refractivity contribution < 1.29 is 24.1 Å². The van der Waals surface area contributed by atoms with Gasteiger partial charge in [-0.2, -0.15) is 0 Å². The van der Waals surface area contributed by atoms with Crippen LogP contribution < -0.4 is 9.47 Å². The highest BCUT2D eigenvalue weighted by Crippen LogP contribution is 2.42. The minimum atomic E-state index is -0.101. The fourth-order valence-electron chi connectivity index (χ4n) is 4.42. The average Bonchev–Trinajstić information content (AvgIpc) is 3.32. The van der Waals surface area contributed by atoms with Crippen molar-refractivity contribution in [1.29, 1.82) is 0 Å². The third-order valence-corrected chi connectivity index (χ3v) is 6.50. The summed E-state index contributed by atoms with van der Waals surface area (Å²) in [6.07, 6.45) is 2.33. The van der Waals surface area contributed by atoms with E-state index in [4.69, 9.17) is 18.9 Å². The van der Waals surface area contributed by atoms with Gasteiger partial charge in [0.2, 0.25) is 5.89 Å². The van der Waals surface area contributed by atoms with Gasteiger partial charge in [-0.3, -0.25) is 4.90 Å². The molecule has 3 aromatic rings. The van der Waals surface area contributed by atoms with Crippen molar-refractivity contribution in [3.05, 3.63) is 65.0 Å². The monoisotopic (exact) mass is 524 g/mol. The molecule has 1 aromatic heterocycles. The minimum Gasteiger partial charge on any atom is -0.496 e. The minimum absolute atomic E-state index is 0.0684. The molecule has 0 bridgehead atoms. The van der Waals surface area contributed by atoms with Crippen LogP contribution in [-0.2, 0) is 23.8 Å². The zero-order valence-electron chi connectivity index (χ0n) is 24.0. The number of aliphatic hydroxyl groups is 2. The third-order valence-electron chi connectivity index (χ3n) is 6.50. The number of methoxy groups -OCH3 is 1. The first-order valence-corrected chi connectivity index (χ1v) is 13.3. The van der Waals surface area contributed by atoms with Crippen molar-refractivity contribution in [2.75, 3.05) is 40.0 Å². The molecule has 7 heteroatoms. The van der Waals surface area contributed by atoms with E-state index in [0.29, 0.717) is 38.6 Å². The lowest BCUT2D eigenvalue weighted by molar-refractivity contribution is 0.156. The molecule has 2 aromatic carbocycles. The highest BCUT2D eigenvalue weighted by atomic mass is 16.5. The Morgan fingerprint density at radius 2 is 1.47 bits per heavy atom. The molecule has 0 radical (unpaired) electrons. The number of rotatable bonds is 12. The summed E-state index contributed by atoms with van der Waals surface area (Å²) < 4.78 is 17.7. The van der Waals surface area contributed by atoms with E-state index in [1.165, 1.54) is 0 Å². The SMILES string of the molecule is COc1c(C(C)(C)C)cc(-c2nc(CCOc3ccc(CN(CCO)CCO)cc3)co2)cc1C(C)(C)C. The molecule has 0 fully saturated rings. The van der Waals surface area contributed by atoms with Crippen LogP contribution in [0, 0.1) is 0 Å². The number of benzene rings is 2. The molecule has 3 rings (SSSR count). The zero-order chi connectivity index (χ0) is 27.9. The quantitative estimate of drug-likeness (QED) is 0.330. The van der Waals surface area contributed by atoms with Crippen molar-refractivity contribution in [3.8, 4) is 23.0 Å². The molecule has 1 heterocycles. The van der Waals surface area contributed by atoms with Crippen molar-refractivity contribution in [3.63, 3.8) is 0 Å². The van der Waals surface area contributed by atoms with E-state index in [1.54, 1.807) is 13.4 Å². The predicted octanol–water partition coefficient (Wildman–Crippen LogP) is 5.35. The van der Waals surface area contributed by atoms with Crippen LogP contribution in [0.15, 0.2) is 47.1 Å². The Balaban J connectivity index is 1.68. The largest absolute Gasteiger partial charge is 0.496 e. The Bertz CT molecular complexity index is 1120. The normalized spacial score (nSPS) is 12.3. The summed E-state index contributed by atoms with van der Waals surface area (Å²) in [5.41, 5.74) is 4.94. The van der Waals surface area contributed by atoms with Gasteiger partial charge in [0.05, 0.1) is 32.6 Å². The number of hydrogen-bond acceptors (Lipinski definition) is 7. The summed E-state index contributed by atoms with van der Waals surface area (Å²) in [6, 6.07) is 12.2. The lowest BCUT2D eigenvalue weighted by atomic mass is 9.78. The maximum Gasteiger partial charge on any atom is 0.226 e. The second-order valence-electron chi connectivity index (χ2n) is 11.7. The maximum atomic E-state index is 9.19. The van der Waals surface area contributed by atoms with Gasteiger partial charge < -0.3 is 24.1 Å². The van der Waals surface area contributed by atoms with E-state index in [0.717, 1.165) is 39.4 Å². The molecule has 38 heavy (non-hydrogen) atoms. The van der Waals surface area contributed by atoms with E-state index < -0.39 is 0 Å². The molecule has 0 amide bonds. The van der Waals surface area contributed by atoms with Gasteiger partial charge in [-0.1, -0.05) is 53.7 Å². The van der Waals surface area contributed by atoms with Crippen molar-refractivity contribution in [2.45, 2.75) is 65.3 Å². The third kappa shape index (κ3) is 7.82. The van der Waals surface area contributed by atoms with Crippen molar-refractivity contribution in [1.82, 2.24) is 9.88 Å². The Labute approximate surface area is 227 Å². The van der Waals surface area contributed by atoms with Crippen LogP contribution in [0.3, 0.4) is 0 Å². The molecule has 7 nitrogen and oxygen atoms in total. The predicted molar refractivity (Wildman–Crippen MR) is 151 cm³/mol. The van der Waals surface area contributed by atoms with Gasteiger partial charge in [0.25, 0.3) is 0 Å². The van der Waals surface area contributed by atoms with Gasteiger partial charge in [-0.25, -0.2) is 4.98 Å². The molecule has 0 spiro atoms. The number of aromatic nitrogens is 1. The second kappa shape index (κ2) is 12.8. The van der Waals surface area contributed by atoms with Crippen molar-refractivity contribution >= 4 is 0 Å². The molecule has 0 saturated carbocycles. The number of aliphatic hydroxyl groups excluding tert-OH is 2. The van der Waals surface area contributed by atoms with E-state index in [2.05, 4.69) is 53.7 Å². The zero-order valence-corrected chi connectivity index (χ0v) is 24.0. The first kappa shape index (κ1) is 29.7. The summed E-state index contributed by atoms with van der Waals surface area (Å²) in [5.74, 6) is 2.31. The van der Waals surface area contributed by atoms with Gasteiger partial charge >= 0.3 is 0 Å². The fraction of sp³-hybridized carbons (Fsp3) is 0.516. The summed E-state index contributed by atoms with van der Waals surface area (Å²) in [4.78, 5) is 6.77.